The van der Waals surface area contributed by atoms with Gasteiger partial charge >= 0.3 is 24.5 Å². The molecule has 2 aromatic carbocycles. The van der Waals surface area contributed by atoms with Crippen LogP contribution in [0.4, 0.5) is 31.1 Å². The zero-order valence-corrected chi connectivity index (χ0v) is 12.5. The molecule has 0 spiro atoms. The van der Waals surface area contributed by atoms with Gasteiger partial charge in [-0.1, -0.05) is 0 Å². The fourth-order valence-electron chi connectivity index (χ4n) is 1.76. The van der Waals surface area contributed by atoms with Gasteiger partial charge in [0.25, 0.3) is 0 Å². The third-order valence-corrected chi connectivity index (χ3v) is 3.01. The SMILES string of the molecule is O=C(OC(=O)c1ccc(C(F)(F)F)cc1)Oc1ccc(C(F)(F)F)cc1. The third-order valence-electron chi connectivity index (χ3n) is 3.01. The summed E-state index contributed by atoms with van der Waals surface area (Å²) in [5, 5.41) is 0. The maximum absolute atomic E-state index is 12.4. The lowest BCUT2D eigenvalue weighted by molar-refractivity contribution is -0.138. The Morgan fingerprint density at radius 3 is 1.54 bits per heavy atom. The number of hydrogen-bond donors (Lipinski definition) is 0. The molecule has 0 fully saturated rings. The molecule has 0 aromatic heterocycles. The number of ether oxygens (including phenoxy) is 2. The van der Waals surface area contributed by atoms with E-state index in [4.69, 9.17) is 0 Å². The van der Waals surface area contributed by atoms with E-state index in [1.165, 1.54) is 0 Å². The maximum Gasteiger partial charge on any atom is 0.521 e. The van der Waals surface area contributed by atoms with Crippen LogP contribution in [0.25, 0.3) is 0 Å². The topological polar surface area (TPSA) is 52.6 Å². The molecule has 0 atom stereocenters. The summed E-state index contributed by atoms with van der Waals surface area (Å²) in [5.74, 6) is -1.60. The van der Waals surface area contributed by atoms with Crippen molar-refractivity contribution in [1.29, 1.82) is 0 Å². The van der Waals surface area contributed by atoms with Crippen molar-refractivity contribution in [3.63, 3.8) is 0 Å². The number of halogens is 6. The minimum atomic E-state index is -4.59. The van der Waals surface area contributed by atoms with Crippen molar-refractivity contribution in [2.45, 2.75) is 12.4 Å². The van der Waals surface area contributed by atoms with Gasteiger partial charge < -0.3 is 9.47 Å². The van der Waals surface area contributed by atoms with Gasteiger partial charge in [-0.05, 0) is 48.5 Å². The van der Waals surface area contributed by atoms with Gasteiger partial charge in [-0.2, -0.15) is 26.3 Å². The Kier molecular flexibility index (Phi) is 5.24. The molecule has 2 rings (SSSR count). The van der Waals surface area contributed by atoms with E-state index >= 15 is 0 Å². The van der Waals surface area contributed by atoms with Crippen molar-refractivity contribution < 1.29 is 45.4 Å². The molecule has 10 heteroatoms. The average Bonchev–Trinajstić information content (AvgIpc) is 2.53. The second-order valence-electron chi connectivity index (χ2n) is 4.84. The molecule has 0 aliphatic heterocycles. The summed E-state index contributed by atoms with van der Waals surface area (Å²) in [6.07, 6.45) is -10.7. The molecule has 26 heavy (non-hydrogen) atoms. The number of alkyl halides is 6. The second kappa shape index (κ2) is 7.06. The summed E-state index contributed by atoms with van der Waals surface area (Å²) in [7, 11) is 0. The van der Waals surface area contributed by atoms with Crippen LogP contribution in [0.3, 0.4) is 0 Å². The van der Waals surface area contributed by atoms with E-state index < -0.39 is 35.6 Å². The lowest BCUT2D eigenvalue weighted by Crippen LogP contribution is -2.17. The summed E-state index contributed by atoms with van der Waals surface area (Å²) < 4.78 is 83.2. The van der Waals surface area contributed by atoms with E-state index in [9.17, 15) is 35.9 Å². The van der Waals surface area contributed by atoms with Crippen LogP contribution in [0.1, 0.15) is 21.5 Å². The summed E-state index contributed by atoms with van der Waals surface area (Å²) in [4.78, 5) is 23.1. The van der Waals surface area contributed by atoms with E-state index in [1.807, 2.05) is 0 Å². The Bertz CT molecular complexity index is 791. The van der Waals surface area contributed by atoms with Crippen LogP contribution in [0, 0.1) is 0 Å². The van der Waals surface area contributed by atoms with Crippen LogP contribution >= 0.6 is 0 Å². The highest BCUT2D eigenvalue weighted by atomic mass is 19.4. The van der Waals surface area contributed by atoms with Gasteiger partial charge in [0.2, 0.25) is 0 Å². The van der Waals surface area contributed by atoms with Crippen molar-refractivity contribution in [3.05, 3.63) is 65.2 Å². The highest BCUT2D eigenvalue weighted by molar-refractivity contribution is 5.95. The fraction of sp³-hybridized carbons (Fsp3) is 0.125. The van der Waals surface area contributed by atoms with Gasteiger partial charge in [-0.15, -0.1) is 0 Å². The minimum absolute atomic E-state index is 0.316. The van der Waals surface area contributed by atoms with Gasteiger partial charge in [0.15, 0.2) is 0 Å². The molecule has 0 heterocycles. The molecule has 0 saturated carbocycles. The molecule has 0 amide bonds. The fourth-order valence-corrected chi connectivity index (χ4v) is 1.76. The molecule has 0 saturated heterocycles. The molecule has 0 radical (unpaired) electrons. The van der Waals surface area contributed by atoms with E-state index in [1.54, 1.807) is 0 Å². The first-order valence-electron chi connectivity index (χ1n) is 6.75. The van der Waals surface area contributed by atoms with Crippen LogP contribution in [-0.4, -0.2) is 12.1 Å². The van der Waals surface area contributed by atoms with E-state index in [-0.39, 0.29) is 11.3 Å². The number of benzene rings is 2. The monoisotopic (exact) mass is 378 g/mol. The number of rotatable bonds is 2. The van der Waals surface area contributed by atoms with E-state index in [0.29, 0.717) is 24.3 Å². The Labute approximate surface area is 141 Å². The standard InChI is InChI=1S/C16H8F6O4/c17-15(18,19)10-3-1-9(2-4-10)13(23)26-14(24)25-12-7-5-11(6-8-12)16(20,21)22/h1-8H. The normalized spacial score (nSPS) is 11.8. The third kappa shape index (κ3) is 4.98. The van der Waals surface area contributed by atoms with Crippen LogP contribution in [0.15, 0.2) is 48.5 Å². The first kappa shape index (κ1) is 19.3. The average molecular weight is 378 g/mol. The van der Waals surface area contributed by atoms with Crippen molar-refractivity contribution in [3.8, 4) is 5.75 Å². The molecule has 0 N–H and O–H groups in total. The summed E-state index contributed by atoms with van der Waals surface area (Å²) in [6, 6.07) is 5.84. The van der Waals surface area contributed by atoms with Crippen molar-refractivity contribution in [1.82, 2.24) is 0 Å². The zero-order chi connectivity index (χ0) is 19.5. The van der Waals surface area contributed by atoms with Crippen LogP contribution < -0.4 is 4.74 Å². The Balaban J connectivity index is 1.98. The van der Waals surface area contributed by atoms with Crippen LogP contribution in [0.2, 0.25) is 0 Å². The first-order chi connectivity index (χ1) is 12.0. The van der Waals surface area contributed by atoms with Gasteiger partial charge in [-0.3, -0.25) is 0 Å². The molecule has 0 bridgehead atoms. The predicted octanol–water partition coefficient (Wildman–Crippen LogP) is 5.08. The molecular formula is C16H8F6O4. The first-order valence-corrected chi connectivity index (χ1v) is 6.75. The molecule has 0 unspecified atom stereocenters. The number of esters is 1. The number of carbonyl (C=O) groups is 2. The Morgan fingerprint density at radius 1 is 0.692 bits per heavy atom. The number of carbonyl (C=O) groups excluding carboxylic acids is 2. The highest BCUT2D eigenvalue weighted by Gasteiger charge is 2.31. The van der Waals surface area contributed by atoms with Crippen molar-refractivity contribution in [2.75, 3.05) is 0 Å². The van der Waals surface area contributed by atoms with Crippen molar-refractivity contribution in [2.24, 2.45) is 0 Å². The summed E-state index contributed by atoms with van der Waals surface area (Å²) >= 11 is 0. The molecule has 0 aliphatic carbocycles. The van der Waals surface area contributed by atoms with Gasteiger partial charge in [0.1, 0.15) is 5.75 Å². The lowest BCUT2D eigenvalue weighted by Gasteiger charge is -2.08. The lowest BCUT2D eigenvalue weighted by atomic mass is 10.1. The quantitative estimate of drug-likeness (QED) is 0.317. The van der Waals surface area contributed by atoms with Crippen molar-refractivity contribution >= 4 is 12.1 Å². The number of hydrogen-bond acceptors (Lipinski definition) is 4. The molecule has 0 aliphatic rings. The minimum Gasteiger partial charge on any atom is -0.395 e. The summed E-state index contributed by atoms with van der Waals surface area (Å²) in [5.41, 5.74) is -2.32. The maximum atomic E-state index is 12.4. The smallest absolute Gasteiger partial charge is 0.395 e. The molecule has 2 aromatic rings. The Hall–Kier alpha value is -3.04. The van der Waals surface area contributed by atoms with Gasteiger partial charge in [-0.25, -0.2) is 9.59 Å². The largest absolute Gasteiger partial charge is 0.521 e. The highest BCUT2D eigenvalue weighted by Crippen LogP contribution is 2.30. The summed E-state index contributed by atoms with van der Waals surface area (Å²) in [6.45, 7) is 0. The second-order valence-corrected chi connectivity index (χ2v) is 4.84. The van der Waals surface area contributed by atoms with E-state index in [2.05, 4.69) is 9.47 Å². The van der Waals surface area contributed by atoms with Crippen LogP contribution in [0.5, 0.6) is 5.75 Å². The van der Waals surface area contributed by atoms with Crippen LogP contribution in [-0.2, 0) is 17.1 Å². The van der Waals surface area contributed by atoms with Gasteiger partial charge in [0.05, 0.1) is 16.7 Å². The molecule has 138 valence electrons. The predicted molar refractivity (Wildman–Crippen MR) is 74.3 cm³/mol. The van der Waals surface area contributed by atoms with E-state index in [0.717, 1.165) is 24.3 Å². The zero-order valence-electron chi connectivity index (χ0n) is 12.5. The molecular weight excluding hydrogens is 370 g/mol. The Morgan fingerprint density at radius 2 is 1.12 bits per heavy atom. The molecule has 4 nitrogen and oxygen atoms in total. The van der Waals surface area contributed by atoms with Gasteiger partial charge in [0, 0.05) is 0 Å².